The Bertz CT molecular complexity index is 1160. The molecule has 0 spiro atoms. The molecular formula is C41H71FO2Si2. The van der Waals surface area contributed by atoms with Crippen molar-refractivity contribution in [2.75, 3.05) is 0 Å². The summed E-state index contributed by atoms with van der Waals surface area (Å²) in [4.78, 5) is 0. The maximum atomic E-state index is 15.2. The fraction of sp³-hybridized carbons (Fsp3) is 0.756. The van der Waals surface area contributed by atoms with Crippen molar-refractivity contribution in [2.45, 2.75) is 181 Å². The molecule has 0 aromatic heterocycles. The Kier molecular flexibility index (Phi) is 13.4. The van der Waals surface area contributed by atoms with Crippen LogP contribution in [0.3, 0.4) is 0 Å². The van der Waals surface area contributed by atoms with Crippen LogP contribution in [0, 0.1) is 17.3 Å². The third-order valence-electron chi connectivity index (χ3n) is 13.1. The number of hydrogen-bond donors (Lipinski definition) is 0. The second-order valence-corrected chi connectivity index (χ2v) is 26.2. The van der Waals surface area contributed by atoms with Crippen LogP contribution in [-0.2, 0) is 8.85 Å². The lowest BCUT2D eigenvalue weighted by Crippen LogP contribution is -2.46. The first-order chi connectivity index (χ1) is 21.5. The highest BCUT2D eigenvalue weighted by atomic mass is 28.4. The summed E-state index contributed by atoms with van der Waals surface area (Å²) >= 11 is 0. The van der Waals surface area contributed by atoms with E-state index in [1.54, 1.807) is 5.57 Å². The molecule has 0 aliphatic heterocycles. The summed E-state index contributed by atoms with van der Waals surface area (Å²) < 4.78 is 29.1. The fourth-order valence-corrected chi connectivity index (χ4v) is 12.9. The molecule has 5 atom stereocenters. The lowest BCUT2D eigenvalue weighted by Gasteiger charge is -2.43. The highest BCUT2D eigenvalue weighted by Gasteiger charge is 2.46. The molecule has 0 bridgehead atoms. The molecule has 3 rings (SSSR count). The van der Waals surface area contributed by atoms with E-state index in [4.69, 9.17) is 8.85 Å². The van der Waals surface area contributed by atoms with Crippen molar-refractivity contribution < 1.29 is 13.2 Å². The van der Waals surface area contributed by atoms with Gasteiger partial charge in [0.05, 0.1) is 11.7 Å². The molecule has 3 aliphatic carbocycles. The Hall–Kier alpha value is -1.02. The van der Waals surface area contributed by atoms with Gasteiger partial charge in [-0.3, -0.25) is 0 Å². The molecular weight excluding hydrogens is 600 g/mol. The SMILES string of the molecule is C=C1/C(=C\C=C2/CCC[C@]3(C)C([C@@H](C)C/C=C/C(CC)(CC)O[Si](CC)(CC)CC)=CC[C@@H]23)C[C@@H](O[Si](C)(C)C(C)(C)C)C[C@@H]1F. The Morgan fingerprint density at radius 3 is 2.26 bits per heavy atom. The summed E-state index contributed by atoms with van der Waals surface area (Å²) in [6.45, 7) is 32.0. The predicted octanol–water partition coefficient (Wildman–Crippen LogP) is 13.2. The minimum atomic E-state index is -1.97. The molecule has 0 radical (unpaired) electrons. The maximum absolute atomic E-state index is 15.2. The Labute approximate surface area is 286 Å². The number of allylic oxidation sites excluding steroid dienone is 7. The number of alkyl halides is 1. The maximum Gasteiger partial charge on any atom is 0.193 e. The van der Waals surface area contributed by atoms with E-state index in [2.05, 4.69) is 119 Å². The molecule has 2 saturated carbocycles. The van der Waals surface area contributed by atoms with Crippen molar-refractivity contribution in [1.29, 1.82) is 0 Å². The molecule has 2 nitrogen and oxygen atoms in total. The van der Waals surface area contributed by atoms with Crippen molar-refractivity contribution in [1.82, 2.24) is 0 Å². The molecule has 0 unspecified atom stereocenters. The van der Waals surface area contributed by atoms with Crippen molar-refractivity contribution in [3.8, 4) is 0 Å². The summed E-state index contributed by atoms with van der Waals surface area (Å²) in [6, 6.07) is 3.58. The van der Waals surface area contributed by atoms with Gasteiger partial charge in [-0.25, -0.2) is 4.39 Å². The summed E-state index contributed by atoms with van der Waals surface area (Å²) in [7, 11) is -3.67. The predicted molar refractivity (Wildman–Crippen MR) is 204 cm³/mol. The highest BCUT2D eigenvalue weighted by molar-refractivity contribution is 6.74. The zero-order chi connectivity index (χ0) is 34.6. The van der Waals surface area contributed by atoms with Gasteiger partial charge in [0, 0.05) is 6.42 Å². The van der Waals surface area contributed by atoms with Crippen LogP contribution in [0.2, 0.25) is 36.3 Å². The van der Waals surface area contributed by atoms with Crippen LogP contribution in [-0.4, -0.2) is 34.5 Å². The van der Waals surface area contributed by atoms with Gasteiger partial charge in [0.25, 0.3) is 0 Å². The first kappa shape index (κ1) is 39.4. The molecule has 0 aromatic rings. The first-order valence-electron chi connectivity index (χ1n) is 18.9. The molecule has 2 fully saturated rings. The second-order valence-electron chi connectivity index (χ2n) is 16.7. The van der Waals surface area contributed by atoms with Crippen molar-refractivity contribution in [3.63, 3.8) is 0 Å². The van der Waals surface area contributed by atoms with Gasteiger partial charge < -0.3 is 8.85 Å². The van der Waals surface area contributed by atoms with E-state index in [-0.39, 0.29) is 22.2 Å². The van der Waals surface area contributed by atoms with Crippen molar-refractivity contribution in [3.05, 3.63) is 59.3 Å². The molecule has 0 heterocycles. The van der Waals surface area contributed by atoms with Crippen LogP contribution < -0.4 is 0 Å². The Balaban J connectivity index is 1.75. The fourth-order valence-electron chi connectivity index (χ4n) is 8.39. The average molecular weight is 671 g/mol. The standard InChI is InChI=1S/C41H71FO2Si2/c1-14-41(15-2,44-46(16-3,17-4)18-5)28-19-21-31(6)36-25-26-37-33(22-20-27-40(36,37)11)23-24-34-29-35(30-38(42)32(34)7)43-45(12,13)39(8,9)10/h19,23-25,28,31,35,37-38H,7,14-18,20-22,26-27,29-30H2,1-6,8-13H3/b28-19+,33-23+,34-24-/t31-,35+,37-,38-,40+/m0/s1. The van der Waals surface area contributed by atoms with Crippen LogP contribution in [0.25, 0.3) is 0 Å². The number of halogens is 1. The molecule has 0 aromatic carbocycles. The van der Waals surface area contributed by atoms with E-state index >= 15 is 4.39 Å². The molecule has 3 aliphatic rings. The topological polar surface area (TPSA) is 18.5 Å². The van der Waals surface area contributed by atoms with Crippen LogP contribution in [0.15, 0.2) is 59.3 Å². The Morgan fingerprint density at radius 1 is 1.07 bits per heavy atom. The van der Waals surface area contributed by atoms with E-state index in [0.717, 1.165) is 44.1 Å². The van der Waals surface area contributed by atoms with E-state index in [9.17, 15) is 0 Å². The zero-order valence-electron chi connectivity index (χ0n) is 32.1. The van der Waals surface area contributed by atoms with Crippen molar-refractivity contribution in [2.24, 2.45) is 17.3 Å². The first-order valence-corrected chi connectivity index (χ1v) is 24.4. The zero-order valence-corrected chi connectivity index (χ0v) is 34.1. The second kappa shape index (κ2) is 15.7. The highest BCUT2D eigenvalue weighted by Crippen LogP contribution is 2.57. The summed E-state index contributed by atoms with van der Waals surface area (Å²) in [5.74, 6) is 1.05. The lowest BCUT2D eigenvalue weighted by molar-refractivity contribution is 0.0968. The minimum Gasteiger partial charge on any atom is -0.413 e. The van der Waals surface area contributed by atoms with Gasteiger partial charge >= 0.3 is 0 Å². The molecule has 0 amide bonds. The monoisotopic (exact) mass is 670 g/mol. The van der Waals surface area contributed by atoms with Crippen LogP contribution >= 0.6 is 0 Å². The average Bonchev–Trinajstić information content (AvgIpc) is 3.37. The van der Waals surface area contributed by atoms with Crippen LogP contribution in [0.1, 0.15) is 127 Å². The molecule has 262 valence electrons. The van der Waals surface area contributed by atoms with Crippen LogP contribution in [0.5, 0.6) is 0 Å². The van der Waals surface area contributed by atoms with E-state index < -0.39 is 22.8 Å². The lowest BCUT2D eigenvalue weighted by atomic mass is 9.62. The number of fused-ring (bicyclic) bond motifs is 1. The number of hydrogen-bond acceptors (Lipinski definition) is 2. The molecule has 5 heteroatoms. The number of rotatable bonds is 14. The third-order valence-corrected chi connectivity index (χ3v) is 22.3. The minimum absolute atomic E-state index is 0.0643. The molecule has 0 N–H and O–H groups in total. The van der Waals surface area contributed by atoms with Crippen molar-refractivity contribution >= 4 is 16.6 Å². The van der Waals surface area contributed by atoms with Gasteiger partial charge in [0.2, 0.25) is 0 Å². The summed E-state index contributed by atoms with van der Waals surface area (Å²) in [5.41, 5.74) is 4.96. The molecule has 46 heavy (non-hydrogen) atoms. The van der Waals surface area contributed by atoms with Gasteiger partial charge in [-0.05, 0) is 116 Å². The largest absolute Gasteiger partial charge is 0.413 e. The van der Waals surface area contributed by atoms with Gasteiger partial charge in [-0.1, -0.05) is 117 Å². The summed E-state index contributed by atoms with van der Waals surface area (Å²) in [5, 5.41) is 0.112. The van der Waals surface area contributed by atoms with Gasteiger partial charge in [0.1, 0.15) is 6.17 Å². The molecule has 0 saturated heterocycles. The smallest absolute Gasteiger partial charge is 0.193 e. The van der Waals surface area contributed by atoms with Gasteiger partial charge in [0.15, 0.2) is 16.6 Å². The van der Waals surface area contributed by atoms with E-state index in [0.29, 0.717) is 23.8 Å². The normalized spacial score (nSPS) is 29.1. The Morgan fingerprint density at radius 2 is 1.70 bits per heavy atom. The third kappa shape index (κ3) is 8.58. The van der Waals surface area contributed by atoms with Crippen LogP contribution in [0.4, 0.5) is 4.39 Å². The van der Waals surface area contributed by atoms with Gasteiger partial charge in [-0.15, -0.1) is 0 Å². The van der Waals surface area contributed by atoms with Gasteiger partial charge in [-0.2, -0.15) is 0 Å². The summed E-state index contributed by atoms with van der Waals surface area (Å²) in [6.07, 6.45) is 20.0. The van der Waals surface area contributed by atoms with E-state index in [1.165, 1.54) is 36.5 Å². The quantitative estimate of drug-likeness (QED) is 0.135. The van der Waals surface area contributed by atoms with E-state index in [1.807, 2.05) is 0 Å².